The highest BCUT2D eigenvalue weighted by molar-refractivity contribution is 7.10. The molecule has 2 N–H and O–H groups in total. The summed E-state index contributed by atoms with van der Waals surface area (Å²) in [7, 11) is 1.57. The molecule has 0 aliphatic carbocycles. The lowest BCUT2D eigenvalue weighted by Gasteiger charge is -2.26. The molecule has 2 amide bonds. The van der Waals surface area contributed by atoms with Gasteiger partial charge in [-0.05, 0) is 54.8 Å². The largest absolute Gasteiger partial charge is 0.497 e. The van der Waals surface area contributed by atoms with E-state index in [2.05, 4.69) is 15.5 Å². The van der Waals surface area contributed by atoms with Gasteiger partial charge in [-0.15, -0.1) is 11.3 Å². The van der Waals surface area contributed by atoms with Crippen LogP contribution in [0.5, 0.6) is 5.75 Å². The molecule has 0 saturated carbocycles. The van der Waals surface area contributed by atoms with Gasteiger partial charge in [0.2, 0.25) is 0 Å². The Labute approximate surface area is 180 Å². The number of ether oxygens (including phenoxy) is 2. The second-order valence-corrected chi connectivity index (χ2v) is 7.80. The summed E-state index contributed by atoms with van der Waals surface area (Å²) in [6.45, 7) is 4.82. The average molecular weight is 430 g/mol. The Kier molecular flexibility index (Phi) is 8.43. The standard InChI is InChI=1S/C22H27N3O4S/c1-28-18-7-5-17(6-8-18)21(26)24-20(16-19-4-2-15-30-19)22(27)23-9-3-10-25-11-13-29-14-12-25/h2,4-8,15-16H,3,9-14H2,1H3,(H,23,27)(H,24,26)/b20-16-. The summed E-state index contributed by atoms with van der Waals surface area (Å²) >= 11 is 1.50. The third-order valence-electron chi connectivity index (χ3n) is 4.72. The van der Waals surface area contributed by atoms with Crippen molar-refractivity contribution in [1.29, 1.82) is 0 Å². The average Bonchev–Trinajstić information content (AvgIpc) is 3.30. The van der Waals surface area contributed by atoms with E-state index in [4.69, 9.17) is 9.47 Å². The molecule has 0 unspecified atom stereocenters. The van der Waals surface area contributed by atoms with Crippen molar-refractivity contribution in [3.63, 3.8) is 0 Å². The number of benzene rings is 1. The van der Waals surface area contributed by atoms with Gasteiger partial charge in [-0.25, -0.2) is 0 Å². The van der Waals surface area contributed by atoms with E-state index >= 15 is 0 Å². The van der Waals surface area contributed by atoms with E-state index in [1.165, 1.54) is 11.3 Å². The van der Waals surface area contributed by atoms with Crippen LogP contribution in [0.15, 0.2) is 47.5 Å². The van der Waals surface area contributed by atoms with Crippen LogP contribution in [0.3, 0.4) is 0 Å². The molecule has 2 heterocycles. The van der Waals surface area contributed by atoms with Crippen LogP contribution >= 0.6 is 11.3 Å². The van der Waals surface area contributed by atoms with Crippen LogP contribution in [0.2, 0.25) is 0 Å². The van der Waals surface area contributed by atoms with Gasteiger partial charge >= 0.3 is 0 Å². The molecule has 0 spiro atoms. The molecule has 160 valence electrons. The highest BCUT2D eigenvalue weighted by Crippen LogP contribution is 2.14. The third-order valence-corrected chi connectivity index (χ3v) is 5.53. The zero-order valence-electron chi connectivity index (χ0n) is 17.1. The zero-order chi connectivity index (χ0) is 21.2. The maximum absolute atomic E-state index is 12.7. The van der Waals surface area contributed by atoms with Crippen LogP contribution in [0.25, 0.3) is 6.08 Å². The van der Waals surface area contributed by atoms with Crippen LogP contribution in [-0.2, 0) is 9.53 Å². The van der Waals surface area contributed by atoms with Gasteiger partial charge in [0.05, 0.1) is 20.3 Å². The fourth-order valence-electron chi connectivity index (χ4n) is 3.04. The number of hydrogen-bond acceptors (Lipinski definition) is 6. The van der Waals surface area contributed by atoms with Crippen LogP contribution in [0.4, 0.5) is 0 Å². The molecule has 1 aliphatic heterocycles. The molecule has 2 aromatic rings. The summed E-state index contributed by atoms with van der Waals surface area (Å²) < 4.78 is 10.5. The first kappa shape index (κ1) is 22.0. The number of rotatable bonds is 9. The van der Waals surface area contributed by atoms with E-state index in [9.17, 15) is 9.59 Å². The molecule has 7 nitrogen and oxygen atoms in total. The summed E-state index contributed by atoms with van der Waals surface area (Å²) in [6.07, 6.45) is 2.54. The van der Waals surface area contributed by atoms with Crippen LogP contribution in [0, 0.1) is 0 Å². The van der Waals surface area contributed by atoms with Crippen LogP contribution in [-0.4, -0.2) is 63.2 Å². The normalized spacial score (nSPS) is 14.9. The van der Waals surface area contributed by atoms with Crippen molar-refractivity contribution in [2.24, 2.45) is 0 Å². The quantitative estimate of drug-likeness (QED) is 0.473. The van der Waals surface area contributed by atoms with Crippen molar-refractivity contribution in [1.82, 2.24) is 15.5 Å². The Morgan fingerprint density at radius 2 is 1.97 bits per heavy atom. The lowest BCUT2D eigenvalue weighted by Crippen LogP contribution is -2.39. The molecule has 1 fully saturated rings. The second-order valence-electron chi connectivity index (χ2n) is 6.82. The molecule has 0 bridgehead atoms. The Morgan fingerprint density at radius 3 is 2.63 bits per heavy atom. The van der Waals surface area contributed by atoms with E-state index in [0.29, 0.717) is 17.9 Å². The highest BCUT2D eigenvalue weighted by atomic mass is 32.1. The second kappa shape index (κ2) is 11.5. The topological polar surface area (TPSA) is 79.9 Å². The predicted octanol–water partition coefficient (Wildman–Crippen LogP) is 2.37. The number of methoxy groups -OCH3 is 1. The molecular weight excluding hydrogens is 402 g/mol. The molecule has 8 heteroatoms. The van der Waals surface area contributed by atoms with Gasteiger partial charge in [0, 0.05) is 30.1 Å². The maximum Gasteiger partial charge on any atom is 0.267 e. The van der Waals surface area contributed by atoms with Crippen molar-refractivity contribution < 1.29 is 19.1 Å². The Bertz CT molecular complexity index is 844. The molecule has 1 aliphatic rings. The molecular formula is C22H27N3O4S. The van der Waals surface area contributed by atoms with Crippen LogP contribution in [0.1, 0.15) is 21.7 Å². The minimum Gasteiger partial charge on any atom is -0.497 e. The molecule has 1 aromatic carbocycles. The first-order valence-corrected chi connectivity index (χ1v) is 10.8. The number of nitrogens with one attached hydrogen (secondary N) is 2. The Hall–Kier alpha value is -2.68. The number of nitrogens with zero attached hydrogens (tertiary/aromatic N) is 1. The first-order chi connectivity index (χ1) is 14.7. The summed E-state index contributed by atoms with van der Waals surface area (Å²) in [5.41, 5.74) is 0.678. The number of amides is 2. The van der Waals surface area contributed by atoms with Gasteiger partial charge in [-0.2, -0.15) is 0 Å². The summed E-state index contributed by atoms with van der Waals surface area (Å²) in [6, 6.07) is 10.6. The predicted molar refractivity (Wildman–Crippen MR) is 118 cm³/mol. The number of carbonyl (C=O) groups is 2. The third kappa shape index (κ3) is 6.69. The summed E-state index contributed by atoms with van der Waals surface area (Å²) in [4.78, 5) is 28.6. The smallest absolute Gasteiger partial charge is 0.267 e. The van der Waals surface area contributed by atoms with Crippen molar-refractivity contribution in [3.8, 4) is 5.75 Å². The number of hydrogen-bond donors (Lipinski definition) is 2. The minimum absolute atomic E-state index is 0.227. The first-order valence-electron chi connectivity index (χ1n) is 9.94. The van der Waals surface area contributed by atoms with Crippen molar-refractivity contribution >= 4 is 29.2 Å². The molecule has 1 aromatic heterocycles. The molecule has 30 heavy (non-hydrogen) atoms. The van der Waals surface area contributed by atoms with Crippen LogP contribution < -0.4 is 15.4 Å². The van der Waals surface area contributed by atoms with E-state index in [1.54, 1.807) is 37.5 Å². The van der Waals surface area contributed by atoms with Gasteiger partial charge in [-0.3, -0.25) is 14.5 Å². The number of morpholine rings is 1. The van der Waals surface area contributed by atoms with E-state index in [-0.39, 0.29) is 17.5 Å². The fourth-order valence-corrected chi connectivity index (χ4v) is 3.69. The van der Waals surface area contributed by atoms with Crippen molar-refractivity contribution in [2.75, 3.05) is 46.5 Å². The lowest BCUT2D eigenvalue weighted by molar-refractivity contribution is -0.117. The van der Waals surface area contributed by atoms with Gasteiger partial charge in [0.1, 0.15) is 11.4 Å². The molecule has 3 rings (SSSR count). The maximum atomic E-state index is 12.7. The van der Waals surface area contributed by atoms with Crippen molar-refractivity contribution in [2.45, 2.75) is 6.42 Å². The SMILES string of the molecule is COc1ccc(C(=O)N/C(=C\c2cccs2)C(=O)NCCCN2CCOCC2)cc1. The van der Waals surface area contributed by atoms with Gasteiger partial charge in [0.25, 0.3) is 11.8 Å². The fraction of sp³-hybridized carbons (Fsp3) is 0.364. The molecule has 0 atom stereocenters. The molecule has 1 saturated heterocycles. The summed E-state index contributed by atoms with van der Waals surface area (Å²) in [5, 5.41) is 7.59. The van der Waals surface area contributed by atoms with E-state index in [1.807, 2.05) is 17.5 Å². The Balaban J connectivity index is 1.58. The van der Waals surface area contributed by atoms with Gasteiger partial charge in [-0.1, -0.05) is 6.07 Å². The van der Waals surface area contributed by atoms with Gasteiger partial charge < -0.3 is 20.1 Å². The van der Waals surface area contributed by atoms with E-state index in [0.717, 1.165) is 44.1 Å². The number of carbonyl (C=O) groups excluding carboxylic acids is 2. The minimum atomic E-state index is -0.344. The lowest BCUT2D eigenvalue weighted by atomic mass is 10.2. The monoisotopic (exact) mass is 429 g/mol. The zero-order valence-corrected chi connectivity index (χ0v) is 17.9. The number of thiophene rings is 1. The molecule has 0 radical (unpaired) electrons. The van der Waals surface area contributed by atoms with E-state index < -0.39 is 0 Å². The summed E-state index contributed by atoms with van der Waals surface area (Å²) in [5.74, 6) is 0.0232. The van der Waals surface area contributed by atoms with Gasteiger partial charge in [0.15, 0.2) is 0 Å². The van der Waals surface area contributed by atoms with Crippen molar-refractivity contribution in [3.05, 3.63) is 57.9 Å². The Morgan fingerprint density at radius 1 is 1.20 bits per heavy atom. The highest BCUT2D eigenvalue weighted by Gasteiger charge is 2.15.